The average Bonchev–Trinajstić information content (AvgIpc) is 3.09. The molecule has 0 aliphatic carbocycles. The molecule has 26 heavy (non-hydrogen) atoms. The fourth-order valence-electron chi connectivity index (χ4n) is 3.42. The zero-order valence-corrected chi connectivity index (χ0v) is 15.5. The zero-order chi connectivity index (χ0) is 18.4. The monoisotopic (exact) mass is 386 g/mol. The summed E-state index contributed by atoms with van der Waals surface area (Å²) in [6.45, 7) is 2.08. The van der Waals surface area contributed by atoms with Gasteiger partial charge in [0.1, 0.15) is 5.69 Å². The van der Waals surface area contributed by atoms with Gasteiger partial charge in [0.15, 0.2) is 0 Å². The summed E-state index contributed by atoms with van der Waals surface area (Å²) in [6.07, 6.45) is 3.42. The molecule has 0 bridgehead atoms. The molecule has 0 spiro atoms. The number of benzene rings is 2. The third-order valence-corrected chi connectivity index (χ3v) is 5.09. The molecule has 0 amide bonds. The van der Waals surface area contributed by atoms with E-state index in [4.69, 9.17) is 28.9 Å². The number of rotatable bonds is 3. The lowest BCUT2D eigenvalue weighted by Gasteiger charge is -2.14. The summed E-state index contributed by atoms with van der Waals surface area (Å²) in [5, 5.41) is 9.74. The summed E-state index contributed by atoms with van der Waals surface area (Å²) in [5.41, 5.74) is 9.91. The van der Waals surface area contributed by atoms with Crippen LogP contribution in [0.5, 0.6) is 0 Å². The van der Waals surface area contributed by atoms with Crippen molar-refractivity contribution in [3.8, 4) is 11.1 Å². The number of H-pyrrole nitrogens is 2. The van der Waals surface area contributed by atoms with Crippen LogP contribution in [0.15, 0.2) is 35.3 Å². The Hall–Kier alpha value is -2.50. The minimum Gasteiger partial charge on any atom is -0.394 e. The maximum absolute atomic E-state index is 12.5. The molecule has 0 aliphatic heterocycles. The number of fused-ring (bicyclic) bond motifs is 2. The summed E-state index contributed by atoms with van der Waals surface area (Å²) >= 11 is 12.6. The van der Waals surface area contributed by atoms with Crippen molar-refractivity contribution in [2.75, 3.05) is 5.73 Å². The Labute approximate surface area is 159 Å². The summed E-state index contributed by atoms with van der Waals surface area (Å²) in [5.74, 6) is 0. The molecule has 0 radical (unpaired) electrons. The lowest BCUT2D eigenvalue weighted by Crippen LogP contribution is -2.14. The van der Waals surface area contributed by atoms with Crippen molar-refractivity contribution in [3.05, 3.63) is 56.4 Å². The first-order valence-corrected chi connectivity index (χ1v) is 9.02. The van der Waals surface area contributed by atoms with Crippen molar-refractivity contribution in [1.82, 2.24) is 15.2 Å². The number of nitrogens with two attached hydrogens (primary N) is 1. The van der Waals surface area contributed by atoms with Gasteiger partial charge in [0.2, 0.25) is 0 Å². The summed E-state index contributed by atoms with van der Waals surface area (Å²) in [7, 11) is 0. The summed E-state index contributed by atoms with van der Waals surface area (Å²) < 4.78 is 0. The summed E-state index contributed by atoms with van der Waals surface area (Å²) in [6, 6.07) is 7.34. The maximum Gasteiger partial charge on any atom is 0.272 e. The van der Waals surface area contributed by atoms with Gasteiger partial charge >= 0.3 is 0 Å². The topological polar surface area (TPSA) is 87.6 Å². The lowest BCUT2D eigenvalue weighted by atomic mass is 9.94. The Morgan fingerprint density at radius 3 is 2.73 bits per heavy atom. The van der Waals surface area contributed by atoms with Crippen molar-refractivity contribution < 1.29 is 0 Å². The number of nitrogens with one attached hydrogen (secondary N) is 2. The fraction of sp³-hybridized carbons (Fsp3) is 0.158. The molecule has 0 saturated carbocycles. The number of hydrogen-bond acceptors (Lipinski definition) is 3. The number of aromatic amines is 2. The van der Waals surface area contributed by atoms with Crippen LogP contribution in [0, 0.1) is 0 Å². The molecule has 0 saturated heterocycles. The highest BCUT2D eigenvalue weighted by Gasteiger charge is 2.18. The number of pyridine rings is 1. The molecule has 0 atom stereocenters. The first-order chi connectivity index (χ1) is 12.5. The summed E-state index contributed by atoms with van der Waals surface area (Å²) in [4.78, 5) is 15.5. The normalized spacial score (nSPS) is 11.5. The molecule has 7 heteroatoms. The molecule has 5 nitrogen and oxygen atoms in total. The van der Waals surface area contributed by atoms with E-state index in [1.807, 2.05) is 18.2 Å². The standard InChI is InChI=1S/C19H16Cl2N4O/c1-2-3-9-6-10(20)7-12-15(16(22)19(26)24-17(9)12)11-4-5-14(21)18-13(11)8-23-25-18/h4-8H,2-3,22H2,1H3,(H,23,25)(H,24,26). The Bertz CT molecular complexity index is 1210. The van der Waals surface area contributed by atoms with E-state index in [9.17, 15) is 4.79 Å². The average molecular weight is 387 g/mol. The van der Waals surface area contributed by atoms with Crippen molar-refractivity contribution in [1.29, 1.82) is 0 Å². The number of halogens is 2. The van der Waals surface area contributed by atoms with Gasteiger partial charge in [-0.1, -0.05) is 42.6 Å². The van der Waals surface area contributed by atoms with E-state index in [1.54, 1.807) is 12.3 Å². The number of anilines is 1. The SMILES string of the molecule is CCCc1cc(Cl)cc2c(-c3ccc(Cl)c4[nH]ncc34)c(N)c(=O)[nH]c12. The third-order valence-electron chi connectivity index (χ3n) is 4.56. The van der Waals surface area contributed by atoms with Gasteiger partial charge in [-0.15, -0.1) is 0 Å². The van der Waals surface area contributed by atoms with Crippen LogP contribution < -0.4 is 11.3 Å². The lowest BCUT2D eigenvalue weighted by molar-refractivity contribution is 0.926. The van der Waals surface area contributed by atoms with E-state index in [0.717, 1.165) is 40.3 Å². The molecule has 4 rings (SSSR count). The fourth-order valence-corrected chi connectivity index (χ4v) is 3.87. The van der Waals surface area contributed by atoms with E-state index >= 15 is 0 Å². The van der Waals surface area contributed by atoms with Gasteiger partial charge < -0.3 is 10.7 Å². The number of aryl methyl sites for hydroxylation is 1. The molecule has 2 aromatic heterocycles. The maximum atomic E-state index is 12.5. The van der Waals surface area contributed by atoms with Gasteiger partial charge in [0, 0.05) is 21.4 Å². The van der Waals surface area contributed by atoms with Crippen molar-refractivity contribution in [3.63, 3.8) is 0 Å². The van der Waals surface area contributed by atoms with Crippen LogP contribution >= 0.6 is 23.2 Å². The third kappa shape index (κ3) is 2.55. The smallest absolute Gasteiger partial charge is 0.272 e. The van der Waals surface area contributed by atoms with E-state index in [0.29, 0.717) is 21.1 Å². The van der Waals surface area contributed by atoms with Crippen LogP contribution in [-0.2, 0) is 6.42 Å². The van der Waals surface area contributed by atoms with Gasteiger partial charge in [0.05, 0.1) is 22.3 Å². The molecule has 4 N–H and O–H groups in total. The second kappa shape index (κ2) is 6.34. The van der Waals surface area contributed by atoms with Crippen LogP contribution in [0.3, 0.4) is 0 Å². The molecule has 0 aliphatic rings. The highest BCUT2D eigenvalue weighted by molar-refractivity contribution is 6.35. The number of nitrogens with zero attached hydrogens (tertiary/aromatic N) is 1. The van der Waals surface area contributed by atoms with Crippen LogP contribution in [-0.4, -0.2) is 15.2 Å². The Morgan fingerprint density at radius 2 is 1.96 bits per heavy atom. The molecular formula is C19H16Cl2N4O. The molecule has 4 aromatic rings. The minimum absolute atomic E-state index is 0.145. The number of aromatic nitrogens is 3. The second-order valence-electron chi connectivity index (χ2n) is 6.23. The molecule has 0 fully saturated rings. The van der Waals surface area contributed by atoms with Gasteiger partial charge in [0.25, 0.3) is 5.56 Å². The largest absolute Gasteiger partial charge is 0.394 e. The highest BCUT2D eigenvalue weighted by Crippen LogP contribution is 2.39. The van der Waals surface area contributed by atoms with Gasteiger partial charge in [-0.2, -0.15) is 5.10 Å². The molecule has 132 valence electrons. The first kappa shape index (κ1) is 16.9. The van der Waals surface area contributed by atoms with E-state index < -0.39 is 0 Å². The Balaban J connectivity index is 2.18. The highest BCUT2D eigenvalue weighted by atomic mass is 35.5. The second-order valence-corrected chi connectivity index (χ2v) is 7.08. The van der Waals surface area contributed by atoms with Gasteiger partial charge in [-0.3, -0.25) is 9.89 Å². The van der Waals surface area contributed by atoms with Crippen molar-refractivity contribution >= 4 is 50.7 Å². The quantitative estimate of drug-likeness (QED) is 0.467. The predicted molar refractivity (Wildman–Crippen MR) is 108 cm³/mol. The van der Waals surface area contributed by atoms with E-state index in [-0.39, 0.29) is 11.2 Å². The molecule has 2 aromatic carbocycles. The van der Waals surface area contributed by atoms with Crippen LogP contribution in [0.2, 0.25) is 10.0 Å². The molecule has 0 unspecified atom stereocenters. The Morgan fingerprint density at radius 1 is 1.15 bits per heavy atom. The van der Waals surface area contributed by atoms with E-state index in [2.05, 4.69) is 22.1 Å². The van der Waals surface area contributed by atoms with Crippen molar-refractivity contribution in [2.45, 2.75) is 19.8 Å². The minimum atomic E-state index is -0.321. The van der Waals surface area contributed by atoms with Crippen LogP contribution in [0.4, 0.5) is 5.69 Å². The number of hydrogen-bond donors (Lipinski definition) is 3. The zero-order valence-electron chi connectivity index (χ0n) is 14.0. The Kier molecular flexibility index (Phi) is 4.13. The van der Waals surface area contributed by atoms with Gasteiger partial charge in [-0.25, -0.2) is 0 Å². The predicted octanol–water partition coefficient (Wildman–Crippen LogP) is 4.91. The first-order valence-electron chi connectivity index (χ1n) is 8.27. The van der Waals surface area contributed by atoms with E-state index in [1.165, 1.54) is 0 Å². The molecule has 2 heterocycles. The molecular weight excluding hydrogens is 371 g/mol. The van der Waals surface area contributed by atoms with Crippen molar-refractivity contribution in [2.24, 2.45) is 0 Å². The van der Waals surface area contributed by atoms with Crippen LogP contribution in [0.25, 0.3) is 32.9 Å². The van der Waals surface area contributed by atoms with Crippen LogP contribution in [0.1, 0.15) is 18.9 Å². The van der Waals surface area contributed by atoms with Gasteiger partial charge in [-0.05, 0) is 35.7 Å². The number of nitrogen functional groups attached to an aromatic ring is 1.